The van der Waals surface area contributed by atoms with Gasteiger partial charge >= 0.3 is 0 Å². The van der Waals surface area contributed by atoms with Gasteiger partial charge in [-0.05, 0) is 112 Å². The summed E-state index contributed by atoms with van der Waals surface area (Å²) in [7, 11) is 0. The summed E-state index contributed by atoms with van der Waals surface area (Å²) in [5.74, 6) is 3.71. The van der Waals surface area contributed by atoms with E-state index < -0.39 is 0 Å². The summed E-state index contributed by atoms with van der Waals surface area (Å²) in [6, 6.07) is 29.1. The predicted octanol–water partition coefficient (Wildman–Crippen LogP) is 14.4. The molecular weight excluding hydrogens is 540 g/mol. The molecule has 0 aromatic heterocycles. The van der Waals surface area contributed by atoms with E-state index in [-0.39, 0.29) is 0 Å². The zero-order valence-electron chi connectivity index (χ0n) is 31.5. The van der Waals surface area contributed by atoms with Gasteiger partial charge in [-0.1, -0.05) is 168 Å². The van der Waals surface area contributed by atoms with Crippen molar-refractivity contribution in [2.75, 3.05) is 0 Å². The Morgan fingerprint density at radius 2 is 0.622 bits per heavy atom. The molecule has 4 rings (SSSR count). The van der Waals surface area contributed by atoms with Crippen LogP contribution in [0.5, 0.6) is 0 Å². The first-order valence-corrected chi connectivity index (χ1v) is 17.5. The van der Waals surface area contributed by atoms with E-state index in [9.17, 15) is 0 Å². The average Bonchev–Trinajstić information content (AvgIpc) is 2.97. The molecule has 0 heteroatoms. The SMILES string of the molecule is CC(C)c1ccccc1C(C)C.CC(C)c1ccccc1C(C)C.Cc1cc(C)c(-c2ccc(C(C)C)c(C(C)C)c2)c(C)c1. The quantitative estimate of drug-likeness (QED) is 0.197. The first kappa shape index (κ1) is 38.1. The molecule has 0 unspecified atom stereocenters. The van der Waals surface area contributed by atoms with Crippen molar-refractivity contribution in [3.8, 4) is 11.1 Å². The summed E-state index contributed by atoms with van der Waals surface area (Å²) in [5, 5.41) is 0. The standard InChI is InChI=1S/C21H28.2C12H18/c1-13(2)19-9-8-18(12-20(19)14(3)4)21-16(6)10-15(5)11-17(21)7;2*1-9(2)11-7-5-6-8-12(11)10(3)4/h8-14H,1-7H3;2*5-10H,1-4H3. The Hall–Kier alpha value is -3.12. The molecule has 0 fully saturated rings. The van der Waals surface area contributed by atoms with E-state index in [0.29, 0.717) is 35.5 Å². The molecule has 0 saturated heterocycles. The molecule has 0 aliphatic heterocycles. The molecule has 4 aromatic rings. The first-order valence-electron chi connectivity index (χ1n) is 17.5. The Labute approximate surface area is 278 Å². The van der Waals surface area contributed by atoms with Gasteiger partial charge in [0.25, 0.3) is 0 Å². The maximum atomic E-state index is 2.41. The van der Waals surface area contributed by atoms with E-state index in [1.807, 2.05) is 0 Å². The maximum absolute atomic E-state index is 2.41. The lowest BCUT2D eigenvalue weighted by Gasteiger charge is -2.19. The first-order chi connectivity index (χ1) is 21.1. The summed E-state index contributed by atoms with van der Waals surface area (Å²) >= 11 is 0. The van der Waals surface area contributed by atoms with Crippen molar-refractivity contribution in [1.82, 2.24) is 0 Å². The summed E-state index contributed by atoms with van der Waals surface area (Å²) in [6.45, 7) is 33.8. The molecule has 244 valence electrons. The van der Waals surface area contributed by atoms with Gasteiger partial charge in [0.1, 0.15) is 0 Å². The van der Waals surface area contributed by atoms with E-state index in [1.54, 1.807) is 0 Å². The number of hydrogen-bond donors (Lipinski definition) is 0. The van der Waals surface area contributed by atoms with Crippen LogP contribution in [0.4, 0.5) is 0 Å². The highest BCUT2D eigenvalue weighted by atomic mass is 14.2. The third kappa shape index (κ3) is 10.7. The Morgan fingerprint density at radius 3 is 0.911 bits per heavy atom. The van der Waals surface area contributed by atoms with Gasteiger partial charge in [-0.25, -0.2) is 0 Å². The van der Waals surface area contributed by atoms with E-state index >= 15 is 0 Å². The highest BCUT2D eigenvalue weighted by Crippen LogP contribution is 2.34. The van der Waals surface area contributed by atoms with Crippen molar-refractivity contribution in [3.63, 3.8) is 0 Å². The molecule has 0 aliphatic rings. The largest absolute Gasteiger partial charge is 0.0620 e. The monoisotopic (exact) mass is 605 g/mol. The topological polar surface area (TPSA) is 0 Å². The molecule has 0 saturated carbocycles. The fourth-order valence-electron chi connectivity index (χ4n) is 6.52. The minimum Gasteiger partial charge on any atom is -0.0620 e. The van der Waals surface area contributed by atoms with E-state index in [4.69, 9.17) is 0 Å². The van der Waals surface area contributed by atoms with Gasteiger partial charge in [0.05, 0.1) is 0 Å². The van der Waals surface area contributed by atoms with Gasteiger partial charge in [-0.3, -0.25) is 0 Å². The number of rotatable bonds is 7. The molecule has 0 aliphatic carbocycles. The molecule has 0 atom stereocenters. The predicted molar refractivity (Wildman–Crippen MR) is 204 cm³/mol. The van der Waals surface area contributed by atoms with Crippen molar-refractivity contribution in [3.05, 3.63) is 129 Å². The maximum Gasteiger partial charge on any atom is -0.0125 e. The fraction of sp³-hybridized carbons (Fsp3) is 0.467. The molecular formula is C45H64. The van der Waals surface area contributed by atoms with Gasteiger partial charge in [0, 0.05) is 0 Å². The molecule has 0 N–H and O–H groups in total. The third-order valence-electron chi connectivity index (χ3n) is 8.78. The minimum absolute atomic E-state index is 0.563. The summed E-state index contributed by atoms with van der Waals surface area (Å²) < 4.78 is 0. The van der Waals surface area contributed by atoms with Crippen LogP contribution < -0.4 is 0 Å². The second-order valence-electron chi connectivity index (χ2n) is 14.8. The zero-order chi connectivity index (χ0) is 34.0. The molecule has 0 bridgehead atoms. The highest BCUT2D eigenvalue weighted by Gasteiger charge is 2.14. The van der Waals surface area contributed by atoms with Crippen molar-refractivity contribution in [2.24, 2.45) is 0 Å². The van der Waals surface area contributed by atoms with Crippen molar-refractivity contribution in [1.29, 1.82) is 0 Å². The molecule has 0 radical (unpaired) electrons. The highest BCUT2D eigenvalue weighted by molar-refractivity contribution is 5.72. The average molecular weight is 605 g/mol. The normalized spacial score (nSPS) is 11.3. The second kappa shape index (κ2) is 17.5. The van der Waals surface area contributed by atoms with Crippen LogP contribution in [0, 0.1) is 20.8 Å². The lowest BCUT2D eigenvalue weighted by atomic mass is 9.86. The van der Waals surface area contributed by atoms with Crippen LogP contribution in [0.15, 0.2) is 78.9 Å². The summed E-state index contributed by atoms with van der Waals surface area (Å²) in [6.07, 6.45) is 0. The number of benzene rings is 4. The van der Waals surface area contributed by atoms with Crippen molar-refractivity contribution >= 4 is 0 Å². The molecule has 0 amide bonds. The smallest absolute Gasteiger partial charge is 0.0125 e. The number of aryl methyl sites for hydroxylation is 3. The third-order valence-corrected chi connectivity index (χ3v) is 8.78. The van der Waals surface area contributed by atoms with Crippen molar-refractivity contribution in [2.45, 2.75) is 139 Å². The van der Waals surface area contributed by atoms with Crippen LogP contribution in [0.25, 0.3) is 11.1 Å². The Balaban J connectivity index is 0.000000252. The minimum atomic E-state index is 0.563. The van der Waals surface area contributed by atoms with Crippen LogP contribution >= 0.6 is 0 Å². The van der Waals surface area contributed by atoms with Gasteiger partial charge in [0.15, 0.2) is 0 Å². The summed E-state index contributed by atoms with van der Waals surface area (Å²) in [5.41, 5.74) is 15.8. The Morgan fingerprint density at radius 1 is 0.333 bits per heavy atom. The van der Waals surface area contributed by atoms with Crippen LogP contribution in [0.2, 0.25) is 0 Å². The van der Waals surface area contributed by atoms with Crippen molar-refractivity contribution < 1.29 is 0 Å². The van der Waals surface area contributed by atoms with Gasteiger partial charge in [-0.15, -0.1) is 0 Å². The van der Waals surface area contributed by atoms with Gasteiger partial charge in [-0.2, -0.15) is 0 Å². The zero-order valence-corrected chi connectivity index (χ0v) is 31.5. The second-order valence-corrected chi connectivity index (χ2v) is 14.8. The van der Waals surface area contributed by atoms with Crippen LogP contribution in [0.1, 0.15) is 169 Å². The molecule has 0 nitrogen and oxygen atoms in total. The van der Waals surface area contributed by atoms with Crippen LogP contribution in [-0.4, -0.2) is 0 Å². The lowest BCUT2D eigenvalue weighted by Crippen LogP contribution is -2.00. The number of hydrogen-bond acceptors (Lipinski definition) is 0. The van der Waals surface area contributed by atoms with E-state index in [1.165, 1.54) is 61.2 Å². The summed E-state index contributed by atoms with van der Waals surface area (Å²) in [4.78, 5) is 0. The molecule has 0 spiro atoms. The van der Waals surface area contributed by atoms with Gasteiger partial charge < -0.3 is 0 Å². The Bertz CT molecular complexity index is 1340. The van der Waals surface area contributed by atoms with Gasteiger partial charge in [0.2, 0.25) is 0 Å². The fourth-order valence-corrected chi connectivity index (χ4v) is 6.52. The van der Waals surface area contributed by atoms with E-state index in [0.717, 1.165) is 0 Å². The van der Waals surface area contributed by atoms with E-state index in [2.05, 4.69) is 183 Å². The Kier molecular flexibility index (Phi) is 14.8. The molecule has 0 heterocycles. The van der Waals surface area contributed by atoms with Crippen LogP contribution in [0.3, 0.4) is 0 Å². The molecule has 4 aromatic carbocycles. The lowest BCUT2D eigenvalue weighted by molar-refractivity contribution is 0.790. The molecule has 45 heavy (non-hydrogen) atoms. The van der Waals surface area contributed by atoms with Crippen LogP contribution in [-0.2, 0) is 0 Å².